The van der Waals surface area contributed by atoms with Crippen molar-refractivity contribution in [3.05, 3.63) is 0 Å². The maximum atomic E-state index is 12.9. The molecule has 0 saturated carbocycles. The van der Waals surface area contributed by atoms with Crippen LogP contribution >= 0.6 is 15.6 Å². The minimum absolute atomic E-state index is 0.103. The Morgan fingerprint density at radius 3 is 0.850 bits per heavy atom. The second-order valence-electron chi connectivity index (χ2n) is 22.6. The van der Waals surface area contributed by atoms with Gasteiger partial charge in [0.1, 0.15) is 19.3 Å². The van der Waals surface area contributed by atoms with Crippen molar-refractivity contribution in [1.82, 2.24) is 0 Å². The van der Waals surface area contributed by atoms with Gasteiger partial charge < -0.3 is 33.8 Å². The molecule has 0 aromatic heterocycles. The Hall–Kier alpha value is -1.94. The summed E-state index contributed by atoms with van der Waals surface area (Å²) in [6.45, 7) is 7.06. The highest BCUT2D eigenvalue weighted by molar-refractivity contribution is 7.47. The Labute approximate surface area is 486 Å². The van der Waals surface area contributed by atoms with Crippen molar-refractivity contribution in [3.63, 3.8) is 0 Å². The molecule has 80 heavy (non-hydrogen) atoms. The van der Waals surface area contributed by atoms with Crippen LogP contribution in [0.1, 0.15) is 304 Å². The third kappa shape index (κ3) is 55.3. The molecule has 0 aromatic carbocycles. The van der Waals surface area contributed by atoms with E-state index in [1.54, 1.807) is 0 Å². The predicted molar refractivity (Wildman–Crippen MR) is 317 cm³/mol. The number of aliphatic hydroxyl groups excluding tert-OH is 1. The lowest BCUT2D eigenvalue weighted by molar-refractivity contribution is -0.161. The van der Waals surface area contributed by atoms with Crippen molar-refractivity contribution in [3.8, 4) is 0 Å². The molecule has 19 heteroatoms. The minimum Gasteiger partial charge on any atom is -0.462 e. The molecule has 0 aliphatic heterocycles. The van der Waals surface area contributed by atoms with Crippen molar-refractivity contribution in [2.45, 2.75) is 323 Å². The van der Waals surface area contributed by atoms with Gasteiger partial charge in [0.05, 0.1) is 26.4 Å². The molecule has 0 amide bonds. The monoisotopic (exact) mass is 1180 g/mol. The zero-order chi connectivity index (χ0) is 59.2. The van der Waals surface area contributed by atoms with Gasteiger partial charge in [0.15, 0.2) is 12.2 Å². The van der Waals surface area contributed by atoms with Gasteiger partial charge in [-0.05, 0) is 31.6 Å². The number of carbonyl (C=O) groups is 4. The topological polar surface area (TPSA) is 237 Å². The predicted octanol–water partition coefficient (Wildman–Crippen LogP) is 16.6. The second-order valence-corrected chi connectivity index (χ2v) is 25.5. The molecule has 0 rings (SSSR count). The van der Waals surface area contributed by atoms with Crippen LogP contribution in [-0.4, -0.2) is 96.7 Å². The quantitative estimate of drug-likeness (QED) is 0.0222. The zero-order valence-electron chi connectivity index (χ0n) is 51.2. The molecule has 0 aliphatic carbocycles. The van der Waals surface area contributed by atoms with Crippen LogP contribution in [0, 0.1) is 5.92 Å². The molecule has 474 valence electrons. The highest BCUT2D eigenvalue weighted by atomic mass is 31.2. The van der Waals surface area contributed by atoms with Gasteiger partial charge in [-0.2, -0.15) is 0 Å². The van der Waals surface area contributed by atoms with E-state index >= 15 is 0 Å². The molecule has 3 N–H and O–H groups in total. The van der Waals surface area contributed by atoms with Gasteiger partial charge >= 0.3 is 39.5 Å². The third-order valence-corrected chi connectivity index (χ3v) is 15.9. The summed E-state index contributed by atoms with van der Waals surface area (Å²) in [5.74, 6) is -1.35. The molecule has 0 spiro atoms. The molecule has 2 unspecified atom stereocenters. The third-order valence-electron chi connectivity index (χ3n) is 14.0. The molecule has 0 radical (unpaired) electrons. The van der Waals surface area contributed by atoms with E-state index in [-0.39, 0.29) is 25.7 Å². The fourth-order valence-corrected chi connectivity index (χ4v) is 10.6. The lowest BCUT2D eigenvalue weighted by Crippen LogP contribution is -2.30. The molecular formula is C61H118O17P2. The van der Waals surface area contributed by atoms with Gasteiger partial charge in [0.2, 0.25) is 0 Å². The van der Waals surface area contributed by atoms with Crippen LogP contribution in [0.4, 0.5) is 0 Å². The van der Waals surface area contributed by atoms with E-state index in [2.05, 4.69) is 34.6 Å². The maximum absolute atomic E-state index is 12.9. The van der Waals surface area contributed by atoms with Crippen molar-refractivity contribution in [1.29, 1.82) is 0 Å². The summed E-state index contributed by atoms with van der Waals surface area (Å²) in [7, 11) is -9.86. The summed E-state index contributed by atoms with van der Waals surface area (Å²) in [6, 6.07) is 0. The van der Waals surface area contributed by atoms with Crippen molar-refractivity contribution < 1.29 is 80.2 Å². The fraction of sp³-hybridized carbons (Fsp3) is 0.934. The summed E-state index contributed by atoms with van der Waals surface area (Å²) in [6.07, 6.45) is 38.1. The molecule has 5 atom stereocenters. The first-order valence-corrected chi connectivity index (χ1v) is 35.1. The van der Waals surface area contributed by atoms with E-state index in [1.165, 1.54) is 109 Å². The van der Waals surface area contributed by atoms with Gasteiger partial charge in [-0.1, -0.05) is 253 Å². The molecular weight excluding hydrogens is 1070 g/mol. The Morgan fingerprint density at radius 1 is 0.338 bits per heavy atom. The summed E-state index contributed by atoms with van der Waals surface area (Å²) in [5, 5.41) is 10.5. The Balaban J connectivity index is 5.10. The standard InChI is InChI=1S/C61H118O17P2/c1-6-9-12-15-17-18-27-31-35-40-45-59(64)72-51-57(78-61(66)47-42-37-32-28-25-23-21-19-20-22-24-26-30-34-38-43-54(4)5)53-76-80(69,70)74-49-55(62)48-73-79(67,68)75-52-56(50-71-58(63)44-39-33-14-11-8-3)77-60(65)46-41-36-29-16-13-10-7-2/h54-57,62H,6-53H2,1-5H3,(H,67,68)(H,69,70)/t55-,56+,57+/m0/s1. The van der Waals surface area contributed by atoms with Gasteiger partial charge in [-0.3, -0.25) is 37.3 Å². The van der Waals surface area contributed by atoms with Crippen LogP contribution in [0.15, 0.2) is 0 Å². The zero-order valence-corrected chi connectivity index (χ0v) is 53.0. The average Bonchev–Trinajstić information content (AvgIpc) is 3.42. The van der Waals surface area contributed by atoms with E-state index in [0.29, 0.717) is 25.7 Å². The number of aliphatic hydroxyl groups is 1. The van der Waals surface area contributed by atoms with Gasteiger partial charge in [-0.25, -0.2) is 9.13 Å². The summed E-state index contributed by atoms with van der Waals surface area (Å²) >= 11 is 0. The number of ether oxygens (including phenoxy) is 4. The lowest BCUT2D eigenvalue weighted by Gasteiger charge is -2.21. The van der Waals surface area contributed by atoms with Gasteiger partial charge in [0.25, 0.3) is 0 Å². The number of carbonyl (C=O) groups excluding carboxylic acids is 4. The second kappa shape index (κ2) is 55.0. The van der Waals surface area contributed by atoms with Crippen LogP contribution < -0.4 is 0 Å². The number of hydrogen-bond donors (Lipinski definition) is 3. The van der Waals surface area contributed by atoms with Crippen LogP contribution in [0.5, 0.6) is 0 Å². The largest absolute Gasteiger partial charge is 0.472 e. The molecule has 0 heterocycles. The fourth-order valence-electron chi connectivity index (χ4n) is 9.05. The van der Waals surface area contributed by atoms with Crippen molar-refractivity contribution in [2.75, 3.05) is 39.6 Å². The number of phosphoric ester groups is 2. The van der Waals surface area contributed by atoms with E-state index in [0.717, 1.165) is 115 Å². The van der Waals surface area contributed by atoms with Crippen LogP contribution in [0.2, 0.25) is 0 Å². The number of rotatable bonds is 61. The molecule has 0 fully saturated rings. The number of hydrogen-bond acceptors (Lipinski definition) is 15. The van der Waals surface area contributed by atoms with E-state index in [1.807, 2.05) is 0 Å². The molecule has 0 aliphatic rings. The summed E-state index contributed by atoms with van der Waals surface area (Å²) in [4.78, 5) is 71.7. The Morgan fingerprint density at radius 2 is 0.575 bits per heavy atom. The van der Waals surface area contributed by atoms with Gasteiger partial charge in [0, 0.05) is 25.7 Å². The summed E-state index contributed by atoms with van der Waals surface area (Å²) < 4.78 is 67.5. The normalized spacial score (nSPS) is 14.3. The maximum Gasteiger partial charge on any atom is 0.472 e. The first-order chi connectivity index (χ1) is 38.5. The first-order valence-electron chi connectivity index (χ1n) is 32.1. The Kier molecular flexibility index (Phi) is 53.6. The van der Waals surface area contributed by atoms with Crippen molar-refractivity contribution in [2.24, 2.45) is 5.92 Å². The average molecular weight is 1190 g/mol. The van der Waals surface area contributed by atoms with E-state index in [4.69, 9.17) is 37.0 Å². The SMILES string of the molecule is CCCCCCCCCCCCC(=O)OC[C@H](COP(=O)(O)OC[C@@H](O)COP(=O)(O)OC[C@@H](COC(=O)CCCCCCC)OC(=O)CCCCCCCCC)OC(=O)CCCCCCCCCCCCCCCCCC(C)C. The molecule has 0 saturated heterocycles. The van der Waals surface area contributed by atoms with Gasteiger partial charge in [-0.15, -0.1) is 0 Å². The minimum atomic E-state index is -4.94. The molecule has 17 nitrogen and oxygen atoms in total. The molecule has 0 bridgehead atoms. The van der Waals surface area contributed by atoms with Crippen LogP contribution in [0.25, 0.3) is 0 Å². The van der Waals surface area contributed by atoms with E-state index in [9.17, 15) is 43.2 Å². The number of unbranched alkanes of at least 4 members (excludes halogenated alkanes) is 33. The van der Waals surface area contributed by atoms with E-state index < -0.39 is 97.5 Å². The molecule has 0 aromatic rings. The van der Waals surface area contributed by atoms with Crippen LogP contribution in [-0.2, 0) is 65.4 Å². The Bertz CT molecular complexity index is 1570. The lowest BCUT2D eigenvalue weighted by atomic mass is 10.0. The number of esters is 4. The number of phosphoric acid groups is 2. The van der Waals surface area contributed by atoms with Crippen molar-refractivity contribution >= 4 is 39.5 Å². The highest BCUT2D eigenvalue weighted by Gasteiger charge is 2.30. The first kappa shape index (κ1) is 78.1. The summed E-state index contributed by atoms with van der Waals surface area (Å²) in [5.41, 5.74) is 0. The van der Waals surface area contributed by atoms with Crippen LogP contribution in [0.3, 0.4) is 0 Å². The highest BCUT2D eigenvalue weighted by Crippen LogP contribution is 2.45. The smallest absolute Gasteiger partial charge is 0.462 e.